The lowest BCUT2D eigenvalue weighted by Gasteiger charge is -2.39. The maximum atomic E-state index is 12.3. The molecule has 0 atom stereocenters. The van der Waals surface area contributed by atoms with E-state index >= 15 is 0 Å². The van der Waals surface area contributed by atoms with Crippen molar-refractivity contribution >= 4 is 27.7 Å². The normalized spacial score (nSPS) is 14.8. The Morgan fingerprint density at radius 3 is 1.88 bits per heavy atom. The lowest BCUT2D eigenvalue weighted by Crippen LogP contribution is -2.49. The first-order valence-corrected chi connectivity index (χ1v) is 11.9. The molecule has 1 aliphatic rings. The van der Waals surface area contributed by atoms with Crippen LogP contribution in [0.15, 0.2) is 89.4 Å². The van der Waals surface area contributed by atoms with Gasteiger partial charge in [0.2, 0.25) is 0 Å². The summed E-state index contributed by atoms with van der Waals surface area (Å²) in [4.78, 5) is 29.1. The van der Waals surface area contributed by atoms with Crippen molar-refractivity contribution in [3.05, 3.63) is 106 Å². The van der Waals surface area contributed by atoms with Crippen molar-refractivity contribution in [2.75, 3.05) is 39.3 Å². The molecule has 1 heterocycles. The molecule has 0 aromatic heterocycles. The van der Waals surface area contributed by atoms with Gasteiger partial charge in [-0.05, 0) is 23.3 Å². The van der Waals surface area contributed by atoms with Crippen molar-refractivity contribution in [2.45, 2.75) is 6.04 Å². The van der Waals surface area contributed by atoms with E-state index in [1.54, 1.807) is 24.3 Å². The number of carbonyl (C=O) groups is 2. The highest BCUT2D eigenvalue weighted by atomic mass is 79.9. The molecule has 0 N–H and O–H groups in total. The maximum absolute atomic E-state index is 12.3. The van der Waals surface area contributed by atoms with Gasteiger partial charge in [-0.1, -0.05) is 88.7 Å². The molecule has 0 unspecified atom stereocenters. The Kier molecular flexibility index (Phi) is 8.05. The third-order valence-electron chi connectivity index (χ3n) is 5.89. The van der Waals surface area contributed by atoms with Gasteiger partial charge in [0.05, 0.1) is 12.6 Å². The van der Waals surface area contributed by atoms with Gasteiger partial charge in [-0.25, -0.2) is 0 Å². The second kappa shape index (κ2) is 11.4. The minimum Gasteiger partial charge on any atom is -0.456 e. The predicted molar refractivity (Wildman–Crippen MR) is 132 cm³/mol. The number of carbonyl (C=O) groups excluding carboxylic acids is 2. The van der Waals surface area contributed by atoms with E-state index in [9.17, 15) is 9.59 Å². The molecule has 6 heteroatoms. The summed E-state index contributed by atoms with van der Waals surface area (Å²) in [5.41, 5.74) is 3.07. The highest BCUT2D eigenvalue weighted by Crippen LogP contribution is 2.29. The number of benzene rings is 3. The fourth-order valence-corrected chi connectivity index (χ4v) is 4.42. The molecule has 1 fully saturated rings. The summed E-state index contributed by atoms with van der Waals surface area (Å²) in [7, 11) is 0. The summed E-state index contributed by atoms with van der Waals surface area (Å²) < 4.78 is 6.15. The van der Waals surface area contributed by atoms with Crippen molar-refractivity contribution in [1.82, 2.24) is 9.80 Å². The number of Topliss-reactive ketones (excluding diaryl/α,β-unsaturated/α-hetero) is 1. The number of hydrogen-bond acceptors (Lipinski definition) is 5. The zero-order chi connectivity index (χ0) is 23.0. The zero-order valence-corrected chi connectivity index (χ0v) is 20.0. The van der Waals surface area contributed by atoms with Crippen molar-refractivity contribution in [1.29, 1.82) is 0 Å². The number of ketones is 1. The Morgan fingerprint density at radius 2 is 1.33 bits per heavy atom. The van der Waals surface area contributed by atoms with Gasteiger partial charge in [0, 0.05) is 36.2 Å². The smallest absolute Gasteiger partial charge is 0.320 e. The first-order chi connectivity index (χ1) is 16.1. The number of hydrogen-bond donors (Lipinski definition) is 0. The quantitative estimate of drug-likeness (QED) is 0.330. The molecule has 0 aliphatic carbocycles. The van der Waals surface area contributed by atoms with Gasteiger partial charge in [-0.3, -0.25) is 19.4 Å². The molecule has 0 bridgehead atoms. The molecule has 1 saturated heterocycles. The molecule has 0 radical (unpaired) electrons. The van der Waals surface area contributed by atoms with Crippen molar-refractivity contribution in [3.63, 3.8) is 0 Å². The molecule has 170 valence electrons. The second-order valence-electron chi connectivity index (χ2n) is 8.13. The summed E-state index contributed by atoms with van der Waals surface area (Å²) in [6.07, 6.45) is 0. The van der Waals surface area contributed by atoms with Crippen LogP contribution in [0.2, 0.25) is 0 Å². The Labute approximate surface area is 203 Å². The average Bonchev–Trinajstić information content (AvgIpc) is 2.85. The highest BCUT2D eigenvalue weighted by Gasteiger charge is 2.27. The summed E-state index contributed by atoms with van der Waals surface area (Å²) >= 11 is 3.35. The fourth-order valence-electron chi connectivity index (χ4n) is 4.16. The van der Waals surface area contributed by atoms with Crippen LogP contribution in [0.25, 0.3) is 0 Å². The summed E-state index contributed by atoms with van der Waals surface area (Å²) in [6.45, 7) is 3.20. The van der Waals surface area contributed by atoms with Crippen LogP contribution in [0.1, 0.15) is 27.5 Å². The molecule has 3 aromatic rings. The van der Waals surface area contributed by atoms with E-state index in [4.69, 9.17) is 4.74 Å². The lowest BCUT2D eigenvalue weighted by molar-refractivity contribution is -0.144. The molecular weight excluding hydrogens is 480 g/mol. The molecule has 4 rings (SSSR count). The van der Waals surface area contributed by atoms with Gasteiger partial charge < -0.3 is 4.74 Å². The van der Waals surface area contributed by atoms with Crippen LogP contribution in [0, 0.1) is 0 Å². The van der Waals surface area contributed by atoms with Crippen LogP contribution >= 0.6 is 15.9 Å². The Bertz CT molecular complexity index is 1010. The van der Waals surface area contributed by atoms with E-state index in [-0.39, 0.29) is 30.9 Å². The third kappa shape index (κ3) is 6.38. The molecule has 0 amide bonds. The van der Waals surface area contributed by atoms with Crippen LogP contribution < -0.4 is 0 Å². The molecule has 33 heavy (non-hydrogen) atoms. The van der Waals surface area contributed by atoms with Gasteiger partial charge >= 0.3 is 5.97 Å². The van der Waals surface area contributed by atoms with Crippen LogP contribution in [0.3, 0.4) is 0 Å². The van der Waals surface area contributed by atoms with E-state index in [2.05, 4.69) is 74.3 Å². The molecule has 0 saturated carbocycles. The number of esters is 1. The zero-order valence-electron chi connectivity index (χ0n) is 18.4. The first kappa shape index (κ1) is 23.4. The van der Waals surface area contributed by atoms with E-state index in [0.29, 0.717) is 5.56 Å². The van der Waals surface area contributed by atoms with Crippen LogP contribution in [0.4, 0.5) is 0 Å². The predicted octanol–water partition coefficient (Wildman–Crippen LogP) is 4.58. The standard InChI is InChI=1S/C27H27BrN2O3/c28-24-13-11-21(12-14-24)25(31)20-33-26(32)19-29-15-17-30(18-16-29)27(22-7-3-1-4-8-22)23-9-5-2-6-10-23/h1-14,27H,15-20H2. The van der Waals surface area contributed by atoms with Crippen molar-refractivity contribution < 1.29 is 14.3 Å². The minimum atomic E-state index is -0.364. The summed E-state index contributed by atoms with van der Waals surface area (Å²) in [6, 6.07) is 28.3. The SMILES string of the molecule is O=C(CN1CCN(C(c2ccccc2)c2ccccc2)CC1)OCC(=O)c1ccc(Br)cc1. The molecule has 5 nitrogen and oxygen atoms in total. The monoisotopic (exact) mass is 506 g/mol. The number of ether oxygens (including phenoxy) is 1. The van der Waals surface area contributed by atoms with Gasteiger partial charge in [-0.15, -0.1) is 0 Å². The molecule has 1 aliphatic heterocycles. The number of piperazine rings is 1. The van der Waals surface area contributed by atoms with Gasteiger partial charge in [0.25, 0.3) is 0 Å². The topological polar surface area (TPSA) is 49.9 Å². The fraction of sp³-hybridized carbons (Fsp3) is 0.259. The molecular formula is C27H27BrN2O3. The lowest BCUT2D eigenvalue weighted by atomic mass is 9.96. The van der Waals surface area contributed by atoms with Crippen LogP contribution in [0.5, 0.6) is 0 Å². The van der Waals surface area contributed by atoms with Crippen molar-refractivity contribution in [3.8, 4) is 0 Å². The number of halogens is 1. The summed E-state index contributed by atoms with van der Waals surface area (Å²) in [5.74, 6) is -0.564. The van der Waals surface area contributed by atoms with Gasteiger partial charge in [0.15, 0.2) is 12.4 Å². The van der Waals surface area contributed by atoms with Gasteiger partial charge in [0.1, 0.15) is 0 Å². The van der Waals surface area contributed by atoms with E-state index < -0.39 is 0 Å². The molecule has 3 aromatic carbocycles. The average molecular weight is 507 g/mol. The van der Waals surface area contributed by atoms with E-state index in [1.807, 2.05) is 12.1 Å². The Balaban J connectivity index is 1.30. The van der Waals surface area contributed by atoms with E-state index in [0.717, 1.165) is 30.7 Å². The number of rotatable bonds is 8. The summed E-state index contributed by atoms with van der Waals surface area (Å²) in [5, 5.41) is 0. The van der Waals surface area contributed by atoms with E-state index in [1.165, 1.54) is 11.1 Å². The third-order valence-corrected chi connectivity index (χ3v) is 6.41. The largest absolute Gasteiger partial charge is 0.456 e. The van der Waals surface area contributed by atoms with Crippen LogP contribution in [-0.4, -0.2) is 60.9 Å². The second-order valence-corrected chi connectivity index (χ2v) is 9.04. The maximum Gasteiger partial charge on any atom is 0.320 e. The minimum absolute atomic E-state index is 0.185. The Morgan fingerprint density at radius 1 is 0.788 bits per heavy atom. The number of nitrogens with zero attached hydrogens (tertiary/aromatic N) is 2. The van der Waals surface area contributed by atoms with Gasteiger partial charge in [-0.2, -0.15) is 0 Å². The molecule has 0 spiro atoms. The Hall–Kier alpha value is -2.80. The van der Waals surface area contributed by atoms with Crippen molar-refractivity contribution in [2.24, 2.45) is 0 Å². The van der Waals surface area contributed by atoms with Crippen LogP contribution in [-0.2, 0) is 9.53 Å². The highest BCUT2D eigenvalue weighted by molar-refractivity contribution is 9.10. The first-order valence-electron chi connectivity index (χ1n) is 11.1.